The molecule has 1 amide bonds. The molecule has 2 aliphatic heterocycles. The van der Waals surface area contributed by atoms with Gasteiger partial charge in [0.25, 0.3) is 0 Å². The van der Waals surface area contributed by atoms with Gasteiger partial charge in [0.2, 0.25) is 5.91 Å². The predicted molar refractivity (Wildman–Crippen MR) is 95.8 cm³/mol. The maximum absolute atomic E-state index is 12.4. The van der Waals surface area contributed by atoms with Crippen molar-refractivity contribution in [3.8, 4) is 5.75 Å². The highest BCUT2D eigenvalue weighted by molar-refractivity contribution is 6.37. The second kappa shape index (κ2) is 7.70. The van der Waals surface area contributed by atoms with E-state index in [-0.39, 0.29) is 18.1 Å². The lowest BCUT2D eigenvalue weighted by atomic mass is 9.92. The van der Waals surface area contributed by atoms with Crippen molar-refractivity contribution in [1.82, 2.24) is 0 Å². The lowest BCUT2D eigenvalue weighted by molar-refractivity contribution is -0.193. The first-order chi connectivity index (χ1) is 12.4. The van der Waals surface area contributed by atoms with Gasteiger partial charge in [0, 0.05) is 19.9 Å². The van der Waals surface area contributed by atoms with E-state index < -0.39 is 17.2 Å². The van der Waals surface area contributed by atoms with Crippen LogP contribution in [0, 0.1) is 0 Å². The zero-order chi connectivity index (χ0) is 18.9. The SMILES string of the molecule is COC[C@@H]1OC(C)([C@@H]2[C@@H](Cl)C(=O)N2c2ccc(OC)cc2)O[C@H]1COC. The van der Waals surface area contributed by atoms with Gasteiger partial charge in [0.15, 0.2) is 5.79 Å². The molecule has 0 aliphatic carbocycles. The van der Waals surface area contributed by atoms with Gasteiger partial charge in [-0.3, -0.25) is 4.79 Å². The fourth-order valence-corrected chi connectivity index (χ4v) is 3.96. The number of carbonyl (C=O) groups is 1. The largest absolute Gasteiger partial charge is 0.497 e. The van der Waals surface area contributed by atoms with Crippen LogP contribution in [-0.2, 0) is 23.7 Å². The van der Waals surface area contributed by atoms with Gasteiger partial charge < -0.3 is 28.6 Å². The summed E-state index contributed by atoms with van der Waals surface area (Å²) in [6.45, 7) is 2.52. The van der Waals surface area contributed by atoms with Crippen LogP contribution in [0.2, 0.25) is 0 Å². The molecule has 8 heteroatoms. The van der Waals surface area contributed by atoms with Gasteiger partial charge in [-0.05, 0) is 31.2 Å². The molecule has 4 atom stereocenters. The van der Waals surface area contributed by atoms with Crippen molar-refractivity contribution >= 4 is 23.2 Å². The van der Waals surface area contributed by atoms with E-state index in [9.17, 15) is 4.79 Å². The van der Waals surface area contributed by atoms with E-state index >= 15 is 0 Å². The maximum Gasteiger partial charge on any atom is 0.247 e. The van der Waals surface area contributed by atoms with Crippen molar-refractivity contribution in [2.75, 3.05) is 39.4 Å². The molecule has 144 valence electrons. The normalized spacial score (nSPS) is 30.3. The quantitative estimate of drug-likeness (QED) is 0.527. The molecule has 1 aromatic carbocycles. The zero-order valence-electron chi connectivity index (χ0n) is 15.3. The second-order valence-corrected chi connectivity index (χ2v) is 6.96. The van der Waals surface area contributed by atoms with Crippen LogP contribution in [-0.4, -0.2) is 69.9 Å². The molecule has 0 radical (unpaired) electrons. The van der Waals surface area contributed by atoms with Gasteiger partial charge in [-0.25, -0.2) is 0 Å². The van der Waals surface area contributed by atoms with E-state index in [1.807, 2.05) is 12.1 Å². The fourth-order valence-electron chi connectivity index (χ4n) is 3.52. The van der Waals surface area contributed by atoms with Gasteiger partial charge >= 0.3 is 0 Å². The van der Waals surface area contributed by atoms with E-state index in [0.717, 1.165) is 0 Å². The number of carbonyl (C=O) groups excluding carboxylic acids is 1. The summed E-state index contributed by atoms with van der Waals surface area (Å²) in [5.41, 5.74) is 0.713. The lowest BCUT2D eigenvalue weighted by Gasteiger charge is -2.50. The minimum Gasteiger partial charge on any atom is -0.497 e. The highest BCUT2D eigenvalue weighted by Gasteiger charge is 2.62. The number of anilines is 1. The van der Waals surface area contributed by atoms with E-state index in [1.54, 1.807) is 45.3 Å². The molecular formula is C18H24ClNO6. The van der Waals surface area contributed by atoms with Crippen molar-refractivity contribution in [3.63, 3.8) is 0 Å². The first-order valence-electron chi connectivity index (χ1n) is 8.40. The molecule has 3 rings (SSSR count). The Labute approximate surface area is 158 Å². The van der Waals surface area contributed by atoms with E-state index in [1.165, 1.54) is 0 Å². The molecule has 0 N–H and O–H groups in total. The Morgan fingerprint density at radius 2 is 1.62 bits per heavy atom. The predicted octanol–water partition coefficient (Wildman–Crippen LogP) is 1.81. The van der Waals surface area contributed by atoms with Crippen molar-refractivity contribution in [3.05, 3.63) is 24.3 Å². The molecule has 7 nitrogen and oxygen atoms in total. The number of hydrogen-bond donors (Lipinski definition) is 0. The number of alkyl halides is 1. The lowest BCUT2D eigenvalue weighted by Crippen LogP contribution is -2.71. The van der Waals surface area contributed by atoms with Crippen LogP contribution in [0.4, 0.5) is 5.69 Å². The molecule has 2 heterocycles. The summed E-state index contributed by atoms with van der Waals surface area (Å²) in [5.74, 6) is -0.540. The summed E-state index contributed by atoms with van der Waals surface area (Å²) >= 11 is 6.35. The first kappa shape index (κ1) is 19.4. The van der Waals surface area contributed by atoms with Crippen molar-refractivity contribution in [1.29, 1.82) is 0 Å². The third-order valence-corrected chi connectivity index (χ3v) is 5.19. The Kier molecular flexibility index (Phi) is 5.74. The number of methoxy groups -OCH3 is 3. The average molecular weight is 386 g/mol. The number of halogens is 1. The molecule has 0 aromatic heterocycles. The molecule has 26 heavy (non-hydrogen) atoms. The Bertz CT molecular complexity index is 625. The molecular weight excluding hydrogens is 362 g/mol. The summed E-state index contributed by atoms with van der Waals surface area (Å²) < 4.78 is 27.9. The number of β-lactam (4-membered cyclic amide) rings is 1. The van der Waals surface area contributed by atoms with Crippen LogP contribution in [0.5, 0.6) is 5.75 Å². The minimum absolute atomic E-state index is 0.186. The van der Waals surface area contributed by atoms with Crippen LogP contribution in [0.15, 0.2) is 24.3 Å². The maximum atomic E-state index is 12.4. The summed E-state index contributed by atoms with van der Waals surface area (Å²) in [4.78, 5) is 14.0. The fraction of sp³-hybridized carbons (Fsp3) is 0.611. The third kappa shape index (κ3) is 3.30. The molecule has 0 spiro atoms. The molecule has 0 unspecified atom stereocenters. The topological polar surface area (TPSA) is 66.5 Å². The highest BCUT2D eigenvalue weighted by Crippen LogP contribution is 2.44. The van der Waals surface area contributed by atoms with Crippen molar-refractivity contribution in [2.24, 2.45) is 0 Å². The average Bonchev–Trinajstić information content (AvgIpc) is 2.95. The van der Waals surface area contributed by atoms with E-state index in [2.05, 4.69) is 0 Å². The number of amides is 1. The van der Waals surface area contributed by atoms with Crippen molar-refractivity contribution in [2.45, 2.75) is 36.3 Å². The zero-order valence-corrected chi connectivity index (χ0v) is 16.1. The number of nitrogens with zero attached hydrogens (tertiary/aromatic N) is 1. The Hall–Kier alpha value is -1.38. The summed E-state index contributed by atoms with van der Waals surface area (Å²) in [6, 6.07) is 6.74. The van der Waals surface area contributed by atoms with Crippen LogP contribution in [0.3, 0.4) is 0 Å². The standard InChI is InChI=1S/C18H24ClNO6/c1-18(25-13(9-22-2)14(26-18)10-23-3)16-15(19)17(21)20(16)11-5-7-12(24-4)8-6-11/h5-8,13-16H,9-10H2,1-4H3/t13-,14-,15+,16-/m0/s1. The highest BCUT2D eigenvalue weighted by atomic mass is 35.5. The summed E-state index contributed by atoms with van der Waals surface area (Å²) in [5, 5.41) is -0.730. The van der Waals surface area contributed by atoms with Gasteiger partial charge in [-0.2, -0.15) is 0 Å². The first-order valence-corrected chi connectivity index (χ1v) is 8.83. The molecule has 1 aromatic rings. The third-order valence-electron chi connectivity index (χ3n) is 4.76. The van der Waals surface area contributed by atoms with E-state index in [4.69, 9.17) is 35.3 Å². The smallest absolute Gasteiger partial charge is 0.247 e. The molecule has 0 saturated carbocycles. The number of ether oxygens (including phenoxy) is 5. The van der Waals surface area contributed by atoms with Crippen LogP contribution in [0.25, 0.3) is 0 Å². The van der Waals surface area contributed by atoms with Gasteiger partial charge in [-0.15, -0.1) is 11.6 Å². The summed E-state index contributed by atoms with van der Waals surface area (Å²) in [7, 11) is 4.79. The minimum atomic E-state index is -1.06. The van der Waals surface area contributed by atoms with Gasteiger partial charge in [0.05, 0.1) is 20.3 Å². The van der Waals surface area contributed by atoms with Crippen LogP contribution in [0.1, 0.15) is 6.92 Å². The van der Waals surface area contributed by atoms with Crippen LogP contribution >= 0.6 is 11.6 Å². The molecule has 2 fully saturated rings. The number of rotatable bonds is 7. The monoisotopic (exact) mass is 385 g/mol. The number of hydrogen-bond acceptors (Lipinski definition) is 6. The Morgan fingerprint density at radius 3 is 2.08 bits per heavy atom. The molecule has 0 bridgehead atoms. The van der Waals surface area contributed by atoms with Gasteiger partial charge in [-0.1, -0.05) is 0 Å². The molecule has 2 saturated heterocycles. The second-order valence-electron chi connectivity index (χ2n) is 6.49. The number of benzene rings is 1. The van der Waals surface area contributed by atoms with Gasteiger partial charge in [0.1, 0.15) is 29.4 Å². The van der Waals surface area contributed by atoms with Crippen molar-refractivity contribution < 1.29 is 28.5 Å². The molecule has 2 aliphatic rings. The van der Waals surface area contributed by atoms with Crippen LogP contribution < -0.4 is 9.64 Å². The van der Waals surface area contributed by atoms with E-state index in [0.29, 0.717) is 24.7 Å². The Morgan fingerprint density at radius 1 is 1.08 bits per heavy atom. The Balaban J connectivity index is 1.84. The summed E-state index contributed by atoms with van der Waals surface area (Å²) in [6.07, 6.45) is -0.607.